The van der Waals surface area contributed by atoms with Gasteiger partial charge in [-0.15, -0.1) is 0 Å². The van der Waals surface area contributed by atoms with Gasteiger partial charge in [-0.1, -0.05) is 36.8 Å². The third kappa shape index (κ3) is 4.73. The SMILES string of the molecule is O=C(/C=[N+](\[O-])Cc1ccccc1)OC1CCCCC1. The fraction of sp³-hybridized carbons (Fsp3) is 0.467. The van der Waals surface area contributed by atoms with E-state index in [1.165, 1.54) is 6.42 Å². The number of hydroxylamine groups is 1. The van der Waals surface area contributed by atoms with E-state index in [2.05, 4.69) is 0 Å². The molecule has 0 radical (unpaired) electrons. The number of hydrogen-bond acceptors (Lipinski definition) is 3. The van der Waals surface area contributed by atoms with Crippen molar-refractivity contribution in [1.82, 2.24) is 0 Å². The standard InChI is InChI=1S/C15H19NO3/c17-15(19-14-9-5-2-6-10-14)12-16(18)11-13-7-3-1-4-8-13/h1,3-4,7-8,12,14H,2,5-6,9-11H2/b16-12-. The van der Waals surface area contributed by atoms with E-state index in [1.807, 2.05) is 30.3 Å². The first kappa shape index (κ1) is 13.6. The maximum absolute atomic E-state index is 11.6. The second-order valence-electron chi connectivity index (χ2n) is 4.89. The summed E-state index contributed by atoms with van der Waals surface area (Å²) in [6.45, 7) is 0.167. The summed E-state index contributed by atoms with van der Waals surface area (Å²) in [4.78, 5) is 11.6. The number of benzene rings is 1. The number of ether oxygens (including phenoxy) is 1. The highest BCUT2D eigenvalue weighted by Crippen LogP contribution is 2.20. The summed E-state index contributed by atoms with van der Waals surface area (Å²) in [6, 6.07) is 9.32. The van der Waals surface area contributed by atoms with Crippen LogP contribution in [-0.2, 0) is 16.1 Å². The van der Waals surface area contributed by atoms with Crippen molar-refractivity contribution in [1.29, 1.82) is 0 Å². The highest BCUT2D eigenvalue weighted by Gasteiger charge is 2.18. The van der Waals surface area contributed by atoms with Gasteiger partial charge >= 0.3 is 5.97 Å². The highest BCUT2D eigenvalue weighted by molar-refractivity contribution is 6.21. The molecule has 1 aromatic carbocycles. The third-order valence-corrected chi connectivity index (χ3v) is 3.27. The topological polar surface area (TPSA) is 52.4 Å². The largest absolute Gasteiger partial charge is 0.623 e. The summed E-state index contributed by atoms with van der Waals surface area (Å²) in [6.07, 6.45) is 6.23. The number of rotatable bonds is 4. The van der Waals surface area contributed by atoms with Crippen LogP contribution >= 0.6 is 0 Å². The molecule has 0 unspecified atom stereocenters. The molecular weight excluding hydrogens is 242 g/mol. The van der Waals surface area contributed by atoms with Gasteiger partial charge in [0.05, 0.1) is 0 Å². The lowest BCUT2D eigenvalue weighted by Crippen LogP contribution is -2.23. The van der Waals surface area contributed by atoms with Crippen molar-refractivity contribution in [2.75, 3.05) is 0 Å². The van der Waals surface area contributed by atoms with E-state index in [-0.39, 0.29) is 12.6 Å². The molecule has 4 nitrogen and oxygen atoms in total. The van der Waals surface area contributed by atoms with Crippen molar-refractivity contribution in [3.63, 3.8) is 0 Å². The number of hydrogen-bond donors (Lipinski definition) is 0. The van der Waals surface area contributed by atoms with Crippen LogP contribution in [0.2, 0.25) is 0 Å². The van der Waals surface area contributed by atoms with Gasteiger partial charge in [0.25, 0.3) is 6.21 Å². The second-order valence-corrected chi connectivity index (χ2v) is 4.89. The number of carbonyl (C=O) groups excluding carboxylic acids is 1. The maximum atomic E-state index is 11.6. The van der Waals surface area contributed by atoms with Crippen LogP contribution in [0.1, 0.15) is 37.7 Å². The Morgan fingerprint density at radius 2 is 1.95 bits per heavy atom. The predicted molar refractivity (Wildman–Crippen MR) is 72.8 cm³/mol. The van der Waals surface area contributed by atoms with E-state index in [1.54, 1.807) is 0 Å². The van der Waals surface area contributed by atoms with Gasteiger partial charge in [-0.05, 0) is 25.7 Å². The molecule has 0 amide bonds. The van der Waals surface area contributed by atoms with E-state index in [0.29, 0.717) is 4.74 Å². The molecule has 1 saturated carbocycles. The Hall–Kier alpha value is -1.84. The molecular formula is C15H19NO3. The van der Waals surface area contributed by atoms with E-state index in [9.17, 15) is 10.0 Å². The zero-order chi connectivity index (χ0) is 13.5. The van der Waals surface area contributed by atoms with Crippen LogP contribution in [-0.4, -0.2) is 23.0 Å². The zero-order valence-electron chi connectivity index (χ0n) is 11.0. The van der Waals surface area contributed by atoms with Crippen molar-refractivity contribution < 1.29 is 14.3 Å². The molecule has 1 aliphatic rings. The molecule has 0 N–H and O–H groups in total. The van der Waals surface area contributed by atoms with Gasteiger partial charge in [0.1, 0.15) is 6.10 Å². The van der Waals surface area contributed by atoms with Crippen LogP contribution in [0.3, 0.4) is 0 Å². The zero-order valence-corrected chi connectivity index (χ0v) is 11.0. The van der Waals surface area contributed by atoms with Gasteiger partial charge in [-0.2, -0.15) is 0 Å². The molecule has 19 heavy (non-hydrogen) atoms. The van der Waals surface area contributed by atoms with Gasteiger partial charge in [-0.25, -0.2) is 9.53 Å². The molecule has 0 heterocycles. The van der Waals surface area contributed by atoms with Gasteiger partial charge < -0.3 is 9.94 Å². The third-order valence-electron chi connectivity index (χ3n) is 3.27. The first-order valence-corrected chi connectivity index (χ1v) is 6.77. The Bertz CT molecular complexity index is 436. The van der Waals surface area contributed by atoms with Crippen LogP contribution in [0.5, 0.6) is 0 Å². The molecule has 0 atom stereocenters. The average molecular weight is 261 g/mol. The Morgan fingerprint density at radius 1 is 1.26 bits per heavy atom. The van der Waals surface area contributed by atoms with E-state index in [0.717, 1.165) is 37.5 Å². The molecule has 1 fully saturated rings. The molecule has 4 heteroatoms. The molecule has 102 valence electrons. The second kappa shape index (κ2) is 6.92. The van der Waals surface area contributed by atoms with Crippen molar-refractivity contribution in [2.45, 2.75) is 44.8 Å². The molecule has 0 aromatic heterocycles. The summed E-state index contributed by atoms with van der Waals surface area (Å²) < 4.78 is 5.89. The Kier molecular flexibility index (Phi) is 4.95. The minimum Gasteiger partial charge on any atom is -0.623 e. The lowest BCUT2D eigenvalue weighted by molar-refractivity contribution is -0.469. The first-order chi connectivity index (χ1) is 9.24. The summed E-state index contributed by atoms with van der Waals surface area (Å²) in [7, 11) is 0. The Balaban J connectivity index is 1.83. The van der Waals surface area contributed by atoms with Crippen LogP contribution < -0.4 is 0 Å². The lowest BCUT2D eigenvalue weighted by atomic mass is 9.98. The molecule has 0 bridgehead atoms. The highest BCUT2D eigenvalue weighted by atomic mass is 16.5. The van der Waals surface area contributed by atoms with Crippen LogP contribution in [0.4, 0.5) is 0 Å². The van der Waals surface area contributed by atoms with Gasteiger partial charge in [0, 0.05) is 5.56 Å². The minimum atomic E-state index is -0.530. The Morgan fingerprint density at radius 3 is 2.63 bits per heavy atom. The van der Waals surface area contributed by atoms with E-state index < -0.39 is 5.97 Å². The van der Waals surface area contributed by atoms with Crippen molar-refractivity contribution in [3.05, 3.63) is 41.1 Å². The van der Waals surface area contributed by atoms with Gasteiger partial charge in [0.15, 0.2) is 6.54 Å². The lowest BCUT2D eigenvalue weighted by Gasteiger charge is -2.20. The quantitative estimate of drug-likeness (QED) is 0.275. The monoisotopic (exact) mass is 261 g/mol. The van der Waals surface area contributed by atoms with Crippen molar-refractivity contribution in [2.24, 2.45) is 0 Å². The number of carbonyl (C=O) groups is 1. The van der Waals surface area contributed by atoms with Crippen molar-refractivity contribution >= 4 is 12.2 Å². The predicted octanol–water partition coefficient (Wildman–Crippen LogP) is 2.64. The van der Waals surface area contributed by atoms with Crippen molar-refractivity contribution in [3.8, 4) is 0 Å². The van der Waals surface area contributed by atoms with E-state index in [4.69, 9.17) is 4.74 Å². The first-order valence-electron chi connectivity index (χ1n) is 6.77. The normalized spacial score (nSPS) is 17.2. The smallest absolute Gasteiger partial charge is 0.396 e. The summed E-state index contributed by atoms with van der Waals surface area (Å²) in [5.74, 6) is -0.530. The molecule has 0 spiro atoms. The molecule has 0 aliphatic heterocycles. The molecule has 1 aromatic rings. The average Bonchev–Trinajstić information content (AvgIpc) is 2.40. The van der Waals surface area contributed by atoms with Gasteiger partial charge in [0.2, 0.25) is 0 Å². The Labute approximate surface area is 113 Å². The van der Waals surface area contributed by atoms with Gasteiger partial charge in [-0.3, -0.25) is 0 Å². The minimum absolute atomic E-state index is 0.0115. The molecule has 1 aliphatic carbocycles. The summed E-state index contributed by atoms with van der Waals surface area (Å²) in [5.41, 5.74) is 0.874. The molecule has 0 saturated heterocycles. The summed E-state index contributed by atoms with van der Waals surface area (Å²) >= 11 is 0. The number of esters is 1. The van der Waals surface area contributed by atoms with E-state index >= 15 is 0 Å². The molecule has 2 rings (SSSR count). The fourth-order valence-electron chi connectivity index (χ4n) is 2.30. The van der Waals surface area contributed by atoms with Crippen LogP contribution in [0.15, 0.2) is 30.3 Å². The fourth-order valence-corrected chi connectivity index (χ4v) is 2.30. The van der Waals surface area contributed by atoms with Crippen LogP contribution in [0.25, 0.3) is 0 Å². The maximum Gasteiger partial charge on any atom is 0.396 e. The number of nitrogens with zero attached hydrogens (tertiary/aromatic N) is 1. The van der Waals surface area contributed by atoms with Crippen LogP contribution in [0, 0.1) is 5.21 Å². The summed E-state index contributed by atoms with van der Waals surface area (Å²) in [5, 5.41) is 11.6.